The Kier molecular flexibility index (Phi) is 13.8. The van der Waals surface area contributed by atoms with Gasteiger partial charge in [0.25, 0.3) is 5.91 Å². The fraction of sp³-hybridized carbons (Fsp3) is 0.500. The highest BCUT2D eigenvalue weighted by atomic mass is 35.5. The lowest BCUT2D eigenvalue weighted by Crippen LogP contribution is -2.52. The number of primary amides is 1. The van der Waals surface area contributed by atoms with Crippen LogP contribution in [0.5, 0.6) is 0 Å². The molecule has 2 aromatic carbocycles. The van der Waals surface area contributed by atoms with Crippen molar-refractivity contribution >= 4 is 41.1 Å². The summed E-state index contributed by atoms with van der Waals surface area (Å²) < 4.78 is 5.40. The number of aryl methyl sites for hydroxylation is 1. The van der Waals surface area contributed by atoms with Crippen LogP contribution in [0.2, 0.25) is 5.02 Å². The smallest absolute Gasteiger partial charge is 0.408 e. The van der Waals surface area contributed by atoms with Crippen LogP contribution >= 0.6 is 11.6 Å². The van der Waals surface area contributed by atoms with Crippen LogP contribution in [0.3, 0.4) is 0 Å². The van der Waals surface area contributed by atoms with Crippen LogP contribution in [0, 0.1) is 6.92 Å². The van der Waals surface area contributed by atoms with Crippen LogP contribution in [0.15, 0.2) is 48.5 Å². The number of nitrogens with zero attached hydrogens (tertiary/aromatic N) is 1. The van der Waals surface area contributed by atoms with Crippen molar-refractivity contribution in [3.63, 3.8) is 0 Å². The van der Waals surface area contributed by atoms with E-state index in [4.69, 9.17) is 22.1 Å². The molecular formula is C32H45ClN4O5. The van der Waals surface area contributed by atoms with Gasteiger partial charge in [-0.3, -0.25) is 14.4 Å². The van der Waals surface area contributed by atoms with E-state index in [1.165, 1.54) is 4.90 Å². The lowest BCUT2D eigenvalue weighted by atomic mass is 10.0. The first kappa shape index (κ1) is 34.6. The van der Waals surface area contributed by atoms with Crippen molar-refractivity contribution in [2.75, 3.05) is 11.9 Å². The highest BCUT2D eigenvalue weighted by Crippen LogP contribution is 2.30. The summed E-state index contributed by atoms with van der Waals surface area (Å²) in [4.78, 5) is 54.2. The van der Waals surface area contributed by atoms with Crippen molar-refractivity contribution in [3.05, 3.63) is 64.7 Å². The molecule has 0 fully saturated rings. The largest absolute Gasteiger partial charge is 0.444 e. The maximum Gasteiger partial charge on any atom is 0.408 e. The SMILES string of the molecule is CCCCCCCN(C(=O)C(CCC(N)=O)NC(=O)OC(C)(C)C)C(C(=O)Nc1c(C)cccc1Cl)c1ccccc1. The topological polar surface area (TPSA) is 131 Å². The Balaban J connectivity index is 2.53. The van der Waals surface area contributed by atoms with Crippen LogP contribution in [-0.2, 0) is 19.1 Å². The first-order valence-electron chi connectivity index (χ1n) is 14.5. The molecule has 0 aliphatic heterocycles. The molecule has 4 N–H and O–H groups in total. The summed E-state index contributed by atoms with van der Waals surface area (Å²) >= 11 is 6.43. The van der Waals surface area contributed by atoms with Gasteiger partial charge in [-0.1, -0.05) is 86.7 Å². The highest BCUT2D eigenvalue weighted by molar-refractivity contribution is 6.34. The number of hydrogen-bond acceptors (Lipinski definition) is 5. The molecule has 0 radical (unpaired) electrons. The number of halogens is 1. The average molecular weight is 601 g/mol. The van der Waals surface area contributed by atoms with Gasteiger partial charge < -0.3 is 26.0 Å². The van der Waals surface area contributed by atoms with Gasteiger partial charge in [0, 0.05) is 13.0 Å². The number of carbonyl (C=O) groups is 4. The number of anilines is 1. The van der Waals surface area contributed by atoms with Crippen LogP contribution in [-0.4, -0.2) is 46.9 Å². The van der Waals surface area contributed by atoms with E-state index in [2.05, 4.69) is 17.6 Å². The standard InChI is InChI=1S/C32H45ClN4O5/c1-6-7-8-9-13-21-37(30(40)25(19-20-26(34)38)35-31(41)42-32(3,4)5)28(23-16-11-10-12-17-23)29(39)36-27-22(2)15-14-18-24(27)33/h10-12,14-18,25,28H,6-9,13,19-21H2,1-5H3,(H2,34,38)(H,35,41)(H,36,39). The average Bonchev–Trinajstić information content (AvgIpc) is 2.91. The molecule has 0 heterocycles. The first-order valence-corrected chi connectivity index (χ1v) is 14.9. The number of benzene rings is 2. The van der Waals surface area contributed by atoms with Crippen molar-refractivity contribution in [1.29, 1.82) is 0 Å². The molecule has 230 valence electrons. The quantitative estimate of drug-likeness (QED) is 0.207. The van der Waals surface area contributed by atoms with E-state index in [-0.39, 0.29) is 19.4 Å². The third-order valence-corrected chi connectivity index (χ3v) is 6.91. The Hall–Kier alpha value is -3.59. The molecule has 4 amide bonds. The molecule has 9 nitrogen and oxygen atoms in total. The molecule has 2 aromatic rings. The predicted molar refractivity (Wildman–Crippen MR) is 166 cm³/mol. The van der Waals surface area contributed by atoms with Crippen molar-refractivity contribution in [2.24, 2.45) is 5.73 Å². The lowest BCUT2D eigenvalue weighted by molar-refractivity contribution is -0.141. The summed E-state index contributed by atoms with van der Waals surface area (Å²) in [5, 5.41) is 5.93. The Bertz CT molecular complexity index is 1180. The van der Waals surface area contributed by atoms with Crippen molar-refractivity contribution in [3.8, 4) is 0 Å². The minimum absolute atomic E-state index is 0.0491. The summed E-state index contributed by atoms with van der Waals surface area (Å²) in [5.74, 6) is -1.58. The number of hydrogen-bond donors (Lipinski definition) is 3. The Labute approximate surface area is 254 Å². The zero-order valence-corrected chi connectivity index (χ0v) is 26.1. The minimum Gasteiger partial charge on any atom is -0.444 e. The molecule has 0 aliphatic rings. The summed E-state index contributed by atoms with van der Waals surface area (Å²) in [6, 6.07) is 12.1. The van der Waals surface area contributed by atoms with Gasteiger partial charge in [-0.05, 0) is 57.7 Å². The molecule has 0 bridgehead atoms. The zero-order chi connectivity index (χ0) is 31.3. The predicted octanol–water partition coefficient (Wildman–Crippen LogP) is 6.29. The fourth-order valence-corrected chi connectivity index (χ4v) is 4.81. The minimum atomic E-state index is -1.15. The van der Waals surface area contributed by atoms with E-state index in [1.807, 2.05) is 19.1 Å². The molecule has 0 saturated carbocycles. The van der Waals surface area contributed by atoms with Gasteiger partial charge in [0.2, 0.25) is 11.8 Å². The number of para-hydroxylation sites is 1. The maximum atomic E-state index is 14.3. The van der Waals surface area contributed by atoms with Gasteiger partial charge >= 0.3 is 6.09 Å². The molecule has 0 aliphatic carbocycles. The summed E-state index contributed by atoms with van der Waals surface area (Å²) in [7, 11) is 0. The molecule has 0 aromatic heterocycles. The lowest BCUT2D eigenvalue weighted by Gasteiger charge is -2.34. The molecular weight excluding hydrogens is 556 g/mol. The van der Waals surface area contributed by atoms with E-state index < -0.39 is 41.5 Å². The monoisotopic (exact) mass is 600 g/mol. The number of nitrogens with one attached hydrogen (secondary N) is 2. The van der Waals surface area contributed by atoms with Crippen molar-refractivity contribution in [1.82, 2.24) is 10.2 Å². The Morgan fingerprint density at radius 1 is 0.976 bits per heavy atom. The molecule has 2 rings (SSSR count). The Morgan fingerprint density at radius 3 is 2.24 bits per heavy atom. The molecule has 2 unspecified atom stereocenters. The van der Waals surface area contributed by atoms with Gasteiger partial charge in [-0.2, -0.15) is 0 Å². The van der Waals surface area contributed by atoms with E-state index in [1.54, 1.807) is 57.2 Å². The molecule has 2 atom stereocenters. The molecule has 42 heavy (non-hydrogen) atoms. The second kappa shape index (κ2) is 16.8. The van der Waals surface area contributed by atoms with Gasteiger partial charge in [0.1, 0.15) is 17.7 Å². The fourth-order valence-electron chi connectivity index (χ4n) is 4.54. The van der Waals surface area contributed by atoms with Gasteiger partial charge in [0.15, 0.2) is 0 Å². The summed E-state index contributed by atoms with van der Waals surface area (Å²) in [6.07, 6.45) is 3.61. The number of amides is 4. The second-order valence-electron chi connectivity index (χ2n) is 11.4. The maximum absolute atomic E-state index is 14.3. The van der Waals surface area contributed by atoms with Crippen LogP contribution in [0.1, 0.15) is 89.8 Å². The first-order chi connectivity index (χ1) is 19.8. The van der Waals surface area contributed by atoms with Crippen LogP contribution < -0.4 is 16.4 Å². The Morgan fingerprint density at radius 2 is 1.64 bits per heavy atom. The van der Waals surface area contributed by atoms with Gasteiger partial charge in [-0.15, -0.1) is 0 Å². The van der Waals surface area contributed by atoms with Crippen molar-refractivity contribution < 1.29 is 23.9 Å². The van der Waals surface area contributed by atoms with E-state index in [9.17, 15) is 19.2 Å². The zero-order valence-electron chi connectivity index (χ0n) is 25.4. The number of nitrogens with two attached hydrogens (primary N) is 1. The van der Waals surface area contributed by atoms with E-state index in [0.29, 0.717) is 22.7 Å². The van der Waals surface area contributed by atoms with Gasteiger partial charge in [0.05, 0.1) is 10.7 Å². The van der Waals surface area contributed by atoms with Crippen LogP contribution in [0.4, 0.5) is 10.5 Å². The third kappa shape index (κ3) is 11.4. The van der Waals surface area contributed by atoms with E-state index >= 15 is 0 Å². The van der Waals surface area contributed by atoms with Gasteiger partial charge in [-0.25, -0.2) is 4.79 Å². The van der Waals surface area contributed by atoms with E-state index in [0.717, 1.165) is 31.2 Å². The second-order valence-corrected chi connectivity index (χ2v) is 11.8. The van der Waals surface area contributed by atoms with Crippen LogP contribution in [0.25, 0.3) is 0 Å². The number of unbranched alkanes of at least 4 members (excludes halogenated alkanes) is 4. The summed E-state index contributed by atoms with van der Waals surface area (Å²) in [5.41, 5.74) is 6.42. The molecule has 10 heteroatoms. The van der Waals surface area contributed by atoms with Crippen molar-refractivity contribution in [2.45, 2.75) is 97.2 Å². The number of carbonyl (C=O) groups excluding carboxylic acids is 4. The summed E-state index contributed by atoms with van der Waals surface area (Å²) in [6.45, 7) is 9.33. The number of rotatable bonds is 15. The number of ether oxygens (including phenoxy) is 1. The molecule has 0 saturated heterocycles. The number of alkyl carbamates (subject to hydrolysis) is 1. The normalized spacial score (nSPS) is 12.6. The highest BCUT2D eigenvalue weighted by Gasteiger charge is 2.36. The third-order valence-electron chi connectivity index (χ3n) is 6.60. The molecule has 0 spiro atoms.